The van der Waals surface area contributed by atoms with Gasteiger partial charge in [-0.25, -0.2) is 4.79 Å². The van der Waals surface area contributed by atoms with E-state index in [4.69, 9.17) is 4.98 Å². The van der Waals surface area contributed by atoms with Gasteiger partial charge >= 0.3 is 5.97 Å². The third kappa shape index (κ3) is 6.62. The number of nitrogens with one attached hydrogen (secondary N) is 2. The molecule has 1 aromatic heterocycles. The van der Waals surface area contributed by atoms with Crippen molar-refractivity contribution >= 4 is 28.5 Å². The number of carbonyl (C=O) groups excluding carboxylic acids is 2. The first-order valence-corrected chi connectivity index (χ1v) is 13.3. The maximum Gasteiger partial charge on any atom is 0.337 e. The number of methoxy groups -OCH3 is 1. The molecule has 0 saturated heterocycles. The fraction of sp³-hybridized carbons (Fsp3) is 0.433. The quantitative estimate of drug-likeness (QED) is 0.239. The Morgan fingerprint density at radius 3 is 2.28 bits per heavy atom. The lowest BCUT2D eigenvalue weighted by Gasteiger charge is -2.21. The Hall–Kier alpha value is -3.41. The number of benzene rings is 2. The van der Waals surface area contributed by atoms with Crippen LogP contribution in [0.2, 0.25) is 0 Å². The number of amides is 1. The van der Waals surface area contributed by atoms with Crippen LogP contribution in [0.1, 0.15) is 83.3 Å². The lowest BCUT2D eigenvalue weighted by atomic mass is 9.92. The van der Waals surface area contributed by atoms with Crippen molar-refractivity contribution in [3.63, 3.8) is 0 Å². The van der Waals surface area contributed by atoms with E-state index in [1.807, 2.05) is 0 Å². The van der Waals surface area contributed by atoms with E-state index in [1.54, 1.807) is 24.3 Å². The van der Waals surface area contributed by atoms with Crippen LogP contribution in [0.25, 0.3) is 10.9 Å². The molecule has 6 heteroatoms. The average Bonchev–Trinajstić information content (AvgIpc) is 2.93. The highest BCUT2D eigenvalue weighted by atomic mass is 16.5. The topological polar surface area (TPSA) is 80.3 Å². The minimum absolute atomic E-state index is 0.108. The van der Waals surface area contributed by atoms with Crippen molar-refractivity contribution < 1.29 is 14.3 Å². The highest BCUT2D eigenvalue weighted by Gasteiger charge is 2.17. The number of aryl methyl sites for hydroxylation is 1. The van der Waals surface area contributed by atoms with E-state index in [9.17, 15) is 9.59 Å². The van der Waals surface area contributed by atoms with Crippen LogP contribution in [0, 0.1) is 0 Å². The molecule has 1 amide bonds. The lowest BCUT2D eigenvalue weighted by molar-refractivity contribution is 0.0600. The Balaban J connectivity index is 1.11. The van der Waals surface area contributed by atoms with Gasteiger partial charge in [0, 0.05) is 35.4 Å². The minimum Gasteiger partial charge on any atom is -0.465 e. The number of unbranched alkanes of at least 4 members (excludes halogenated alkanes) is 5. The van der Waals surface area contributed by atoms with Crippen LogP contribution < -0.4 is 10.6 Å². The molecule has 0 aliphatic heterocycles. The maximum atomic E-state index is 12.3. The highest BCUT2D eigenvalue weighted by molar-refractivity contribution is 5.96. The summed E-state index contributed by atoms with van der Waals surface area (Å²) in [6.07, 6.45) is 11.5. The molecule has 4 rings (SSSR count). The number of pyridine rings is 1. The molecule has 1 aliphatic rings. The lowest BCUT2D eigenvalue weighted by Crippen LogP contribution is -2.24. The molecule has 1 heterocycles. The summed E-state index contributed by atoms with van der Waals surface area (Å²) in [4.78, 5) is 28.7. The zero-order chi connectivity index (χ0) is 25.2. The van der Waals surface area contributed by atoms with Gasteiger partial charge in [-0.05, 0) is 74.4 Å². The van der Waals surface area contributed by atoms with E-state index < -0.39 is 5.97 Å². The molecule has 0 saturated carbocycles. The third-order valence-corrected chi connectivity index (χ3v) is 6.93. The fourth-order valence-electron chi connectivity index (χ4n) is 4.92. The Morgan fingerprint density at radius 1 is 0.833 bits per heavy atom. The van der Waals surface area contributed by atoms with Gasteiger partial charge in [-0.15, -0.1) is 0 Å². The summed E-state index contributed by atoms with van der Waals surface area (Å²) in [5.74, 6) is -0.508. The van der Waals surface area contributed by atoms with E-state index in [1.165, 1.54) is 61.5 Å². The van der Waals surface area contributed by atoms with Crippen LogP contribution >= 0.6 is 0 Å². The smallest absolute Gasteiger partial charge is 0.337 e. The third-order valence-electron chi connectivity index (χ3n) is 6.93. The molecule has 0 atom stereocenters. The second-order valence-electron chi connectivity index (χ2n) is 9.51. The second kappa shape index (κ2) is 13.1. The largest absolute Gasteiger partial charge is 0.465 e. The van der Waals surface area contributed by atoms with Crippen LogP contribution in [0.15, 0.2) is 48.5 Å². The molecule has 2 aromatic carbocycles. The number of rotatable bonds is 12. The van der Waals surface area contributed by atoms with Crippen molar-refractivity contribution in [2.45, 2.75) is 64.2 Å². The number of ether oxygens (including phenoxy) is 1. The minimum atomic E-state index is -0.400. The maximum absolute atomic E-state index is 12.3. The summed E-state index contributed by atoms with van der Waals surface area (Å²) in [5.41, 5.74) is 6.13. The summed E-state index contributed by atoms with van der Waals surface area (Å²) in [6, 6.07) is 15.0. The van der Waals surface area contributed by atoms with Crippen molar-refractivity contribution in [3.8, 4) is 0 Å². The van der Waals surface area contributed by atoms with Gasteiger partial charge < -0.3 is 15.4 Å². The van der Waals surface area contributed by atoms with Gasteiger partial charge in [-0.2, -0.15) is 0 Å². The van der Waals surface area contributed by atoms with Crippen LogP contribution in [0.5, 0.6) is 0 Å². The van der Waals surface area contributed by atoms with Crippen LogP contribution in [-0.2, 0) is 17.6 Å². The average molecular weight is 488 g/mol. The summed E-state index contributed by atoms with van der Waals surface area (Å²) in [5, 5.41) is 7.96. The van der Waals surface area contributed by atoms with E-state index in [0.717, 1.165) is 44.2 Å². The Morgan fingerprint density at radius 2 is 1.50 bits per heavy atom. The fourth-order valence-corrected chi connectivity index (χ4v) is 4.92. The zero-order valence-corrected chi connectivity index (χ0v) is 21.3. The molecule has 36 heavy (non-hydrogen) atoms. The predicted molar refractivity (Wildman–Crippen MR) is 145 cm³/mol. The van der Waals surface area contributed by atoms with E-state index in [0.29, 0.717) is 17.7 Å². The molecule has 6 nitrogen and oxygen atoms in total. The number of nitrogens with zero attached hydrogens (tertiary/aromatic N) is 1. The summed E-state index contributed by atoms with van der Waals surface area (Å²) in [6.45, 7) is 1.66. The Bertz CT molecular complexity index is 1170. The van der Waals surface area contributed by atoms with Gasteiger partial charge in [0.05, 0.1) is 18.2 Å². The van der Waals surface area contributed by atoms with Crippen molar-refractivity contribution in [1.82, 2.24) is 10.3 Å². The van der Waals surface area contributed by atoms with Gasteiger partial charge in [-0.3, -0.25) is 9.78 Å². The number of hydrogen-bond donors (Lipinski definition) is 2. The second-order valence-corrected chi connectivity index (χ2v) is 9.51. The van der Waals surface area contributed by atoms with Gasteiger partial charge in [0.2, 0.25) is 0 Å². The van der Waals surface area contributed by atoms with Gasteiger partial charge in [0.15, 0.2) is 0 Å². The highest BCUT2D eigenvalue weighted by Crippen LogP contribution is 2.33. The number of anilines is 1. The standard InChI is InChI=1S/C30H37N3O3/c1-36-30(35)23-18-16-22(17-19-23)29(34)32-21-11-5-3-2-4-10-20-31-28-24-12-6-8-14-26(24)33-27-15-9-7-13-25(27)28/h6,8,12,14,16-19H,2-5,7,9-11,13,15,20-21H2,1H3,(H,31,33)(H,32,34). The Kier molecular flexibility index (Phi) is 9.31. The van der Waals surface area contributed by atoms with Crippen LogP contribution in [0.4, 0.5) is 5.69 Å². The van der Waals surface area contributed by atoms with Crippen molar-refractivity contribution in [3.05, 3.63) is 70.9 Å². The zero-order valence-electron chi connectivity index (χ0n) is 21.3. The number of fused-ring (bicyclic) bond motifs is 2. The van der Waals surface area contributed by atoms with E-state index in [2.05, 4.69) is 39.6 Å². The first-order chi connectivity index (χ1) is 17.7. The van der Waals surface area contributed by atoms with Crippen molar-refractivity contribution in [2.24, 2.45) is 0 Å². The molecule has 0 bridgehead atoms. The molecule has 190 valence electrons. The summed E-state index contributed by atoms with van der Waals surface area (Å²) < 4.78 is 4.68. The first kappa shape index (κ1) is 25.7. The molecule has 3 aromatic rings. The van der Waals surface area contributed by atoms with E-state index in [-0.39, 0.29) is 5.91 Å². The van der Waals surface area contributed by atoms with Crippen LogP contribution in [0.3, 0.4) is 0 Å². The van der Waals surface area contributed by atoms with Gasteiger partial charge in [-0.1, -0.05) is 43.9 Å². The molecular weight excluding hydrogens is 450 g/mol. The SMILES string of the molecule is COC(=O)c1ccc(C(=O)NCCCCCCCCNc2c3c(nc4ccccc24)CCCC3)cc1. The molecule has 1 aliphatic carbocycles. The van der Waals surface area contributed by atoms with Gasteiger partial charge in [0.1, 0.15) is 0 Å². The Labute approximate surface area is 213 Å². The number of aromatic nitrogens is 1. The molecule has 0 spiro atoms. The monoisotopic (exact) mass is 487 g/mol. The number of esters is 1. The number of para-hydroxylation sites is 1. The molecule has 0 unspecified atom stereocenters. The molecule has 2 N–H and O–H groups in total. The number of carbonyl (C=O) groups is 2. The predicted octanol–water partition coefficient (Wildman–Crippen LogP) is 6.08. The van der Waals surface area contributed by atoms with Gasteiger partial charge in [0.25, 0.3) is 5.91 Å². The van der Waals surface area contributed by atoms with Crippen molar-refractivity contribution in [2.75, 3.05) is 25.5 Å². The normalized spacial score (nSPS) is 12.7. The molecule has 0 fully saturated rings. The van der Waals surface area contributed by atoms with Crippen molar-refractivity contribution in [1.29, 1.82) is 0 Å². The first-order valence-electron chi connectivity index (χ1n) is 13.3. The molecule has 0 radical (unpaired) electrons. The summed E-state index contributed by atoms with van der Waals surface area (Å²) in [7, 11) is 1.34. The van der Waals surface area contributed by atoms with E-state index >= 15 is 0 Å². The summed E-state index contributed by atoms with van der Waals surface area (Å²) >= 11 is 0. The number of hydrogen-bond acceptors (Lipinski definition) is 5. The molecular formula is C30H37N3O3. The van der Waals surface area contributed by atoms with Crippen LogP contribution in [-0.4, -0.2) is 37.1 Å².